The minimum atomic E-state index is 0.0540. The van der Waals surface area contributed by atoms with E-state index in [1.165, 1.54) is 0 Å². The van der Waals surface area contributed by atoms with E-state index in [1.54, 1.807) is 6.33 Å². The lowest BCUT2D eigenvalue weighted by molar-refractivity contribution is -0.116. The Morgan fingerprint density at radius 3 is 3.05 bits per heavy atom. The zero-order chi connectivity index (χ0) is 14.7. The van der Waals surface area contributed by atoms with Gasteiger partial charge >= 0.3 is 0 Å². The number of nitrogens with zero attached hydrogens (tertiary/aromatic N) is 3. The van der Waals surface area contributed by atoms with E-state index in [4.69, 9.17) is 0 Å². The molecule has 0 saturated carbocycles. The van der Waals surface area contributed by atoms with Crippen LogP contribution >= 0.6 is 0 Å². The molecule has 1 unspecified atom stereocenters. The second-order valence-electron chi connectivity index (χ2n) is 5.42. The van der Waals surface area contributed by atoms with Crippen LogP contribution in [0.5, 0.6) is 0 Å². The molecule has 6 nitrogen and oxygen atoms in total. The van der Waals surface area contributed by atoms with Gasteiger partial charge in [0.05, 0.1) is 5.69 Å². The molecule has 1 atom stereocenters. The van der Waals surface area contributed by atoms with Gasteiger partial charge in [-0.3, -0.25) is 4.79 Å². The van der Waals surface area contributed by atoms with Crippen LogP contribution in [0.4, 0.5) is 5.69 Å². The van der Waals surface area contributed by atoms with Crippen LogP contribution < -0.4 is 10.6 Å². The first-order valence-corrected chi connectivity index (χ1v) is 7.18. The predicted molar refractivity (Wildman–Crippen MR) is 80.7 cm³/mol. The smallest absolute Gasteiger partial charge is 0.224 e. The maximum atomic E-state index is 12.2. The Balaban J connectivity index is 1.76. The predicted octanol–water partition coefficient (Wildman–Crippen LogP) is 1.42. The normalized spacial score (nSPS) is 17.9. The summed E-state index contributed by atoms with van der Waals surface area (Å²) in [4.78, 5) is 12.2. The first-order valence-electron chi connectivity index (χ1n) is 7.18. The van der Waals surface area contributed by atoms with Gasteiger partial charge in [0.2, 0.25) is 5.91 Å². The highest BCUT2D eigenvalue weighted by molar-refractivity contribution is 5.94. The topological polar surface area (TPSA) is 71.8 Å². The molecule has 3 rings (SSSR count). The number of aromatic nitrogens is 3. The van der Waals surface area contributed by atoms with Crippen molar-refractivity contribution in [1.82, 2.24) is 20.1 Å². The number of nitrogens with one attached hydrogen (secondary N) is 2. The van der Waals surface area contributed by atoms with Crippen LogP contribution in [0.2, 0.25) is 0 Å². The van der Waals surface area contributed by atoms with E-state index >= 15 is 0 Å². The number of rotatable bonds is 4. The molecule has 0 radical (unpaired) electrons. The highest BCUT2D eigenvalue weighted by Gasteiger charge is 2.19. The molecule has 2 aromatic rings. The van der Waals surface area contributed by atoms with Gasteiger partial charge < -0.3 is 15.2 Å². The first kappa shape index (κ1) is 13.8. The number of amides is 1. The van der Waals surface area contributed by atoms with Crippen LogP contribution in [-0.4, -0.2) is 33.8 Å². The van der Waals surface area contributed by atoms with Gasteiger partial charge in [0.25, 0.3) is 0 Å². The summed E-state index contributed by atoms with van der Waals surface area (Å²) in [6, 6.07) is 7.68. The van der Waals surface area contributed by atoms with Crippen LogP contribution in [0.3, 0.4) is 0 Å². The minimum absolute atomic E-state index is 0.0540. The fraction of sp³-hybridized carbons (Fsp3) is 0.400. The van der Waals surface area contributed by atoms with Crippen LogP contribution in [0.15, 0.2) is 30.6 Å². The van der Waals surface area contributed by atoms with Crippen molar-refractivity contribution in [3.8, 4) is 11.4 Å². The third-order valence-corrected chi connectivity index (χ3v) is 3.79. The number of hydrogen-bond donors (Lipinski definition) is 2. The summed E-state index contributed by atoms with van der Waals surface area (Å²) in [6.45, 7) is 1.94. The van der Waals surface area contributed by atoms with Crippen molar-refractivity contribution in [2.75, 3.05) is 18.4 Å². The van der Waals surface area contributed by atoms with Crippen molar-refractivity contribution >= 4 is 11.6 Å². The summed E-state index contributed by atoms with van der Waals surface area (Å²) in [5.41, 5.74) is 1.67. The lowest BCUT2D eigenvalue weighted by Gasteiger charge is -2.12. The number of anilines is 1. The molecule has 0 bridgehead atoms. The van der Waals surface area contributed by atoms with Gasteiger partial charge in [-0.15, -0.1) is 10.2 Å². The van der Waals surface area contributed by atoms with Gasteiger partial charge in [-0.25, -0.2) is 0 Å². The molecule has 0 spiro atoms. The largest absolute Gasteiger partial charge is 0.325 e. The third kappa shape index (κ3) is 3.11. The van der Waals surface area contributed by atoms with E-state index in [1.807, 2.05) is 35.9 Å². The van der Waals surface area contributed by atoms with Crippen molar-refractivity contribution in [2.24, 2.45) is 13.0 Å². The van der Waals surface area contributed by atoms with Crippen molar-refractivity contribution in [3.05, 3.63) is 30.6 Å². The van der Waals surface area contributed by atoms with E-state index in [0.29, 0.717) is 12.3 Å². The highest BCUT2D eigenvalue weighted by Crippen LogP contribution is 2.26. The maximum absolute atomic E-state index is 12.2. The minimum Gasteiger partial charge on any atom is -0.325 e. The van der Waals surface area contributed by atoms with E-state index in [0.717, 1.165) is 36.6 Å². The molecule has 21 heavy (non-hydrogen) atoms. The fourth-order valence-corrected chi connectivity index (χ4v) is 2.67. The van der Waals surface area contributed by atoms with Crippen molar-refractivity contribution in [1.29, 1.82) is 0 Å². The van der Waals surface area contributed by atoms with Crippen LogP contribution in [0.1, 0.15) is 12.8 Å². The molecule has 6 heteroatoms. The average Bonchev–Trinajstić information content (AvgIpc) is 3.11. The van der Waals surface area contributed by atoms with Crippen LogP contribution in [0.25, 0.3) is 11.4 Å². The molecule has 1 aliphatic heterocycles. The van der Waals surface area contributed by atoms with Crippen molar-refractivity contribution < 1.29 is 4.79 Å². The average molecular weight is 285 g/mol. The Morgan fingerprint density at radius 2 is 2.33 bits per heavy atom. The van der Waals surface area contributed by atoms with E-state index < -0.39 is 0 Å². The van der Waals surface area contributed by atoms with Crippen molar-refractivity contribution in [2.45, 2.75) is 12.8 Å². The Kier molecular flexibility index (Phi) is 3.96. The van der Waals surface area contributed by atoms with Crippen LogP contribution in [-0.2, 0) is 11.8 Å². The molecule has 110 valence electrons. The molecule has 1 amide bonds. The zero-order valence-electron chi connectivity index (χ0n) is 12.0. The summed E-state index contributed by atoms with van der Waals surface area (Å²) in [5.74, 6) is 1.23. The molecular weight excluding hydrogens is 266 g/mol. The van der Waals surface area contributed by atoms with Crippen molar-refractivity contribution in [3.63, 3.8) is 0 Å². The number of carbonyl (C=O) groups is 1. The molecule has 1 fully saturated rings. The Labute approximate surface area is 123 Å². The lowest BCUT2D eigenvalue weighted by Crippen LogP contribution is -2.18. The van der Waals surface area contributed by atoms with Gasteiger partial charge in [-0.05, 0) is 37.6 Å². The monoisotopic (exact) mass is 285 g/mol. The lowest BCUT2D eigenvalue weighted by atomic mass is 10.0. The maximum Gasteiger partial charge on any atom is 0.224 e. The van der Waals surface area contributed by atoms with Gasteiger partial charge in [-0.1, -0.05) is 12.1 Å². The van der Waals surface area contributed by atoms with Gasteiger partial charge in [0.1, 0.15) is 6.33 Å². The molecule has 1 aromatic heterocycles. The summed E-state index contributed by atoms with van der Waals surface area (Å²) in [7, 11) is 1.89. The van der Waals surface area contributed by atoms with Gasteiger partial charge in [0, 0.05) is 19.0 Å². The molecule has 1 aromatic carbocycles. The standard InChI is InChI=1S/C15H19N5O/c1-20-10-17-19-15(20)12-4-2-3-5-13(12)18-14(21)8-11-6-7-16-9-11/h2-5,10-11,16H,6-9H2,1H3,(H,18,21). The first-order chi connectivity index (χ1) is 10.2. The summed E-state index contributed by atoms with van der Waals surface area (Å²) < 4.78 is 1.84. The van der Waals surface area contributed by atoms with E-state index in [9.17, 15) is 4.79 Å². The second-order valence-corrected chi connectivity index (χ2v) is 5.42. The number of para-hydroxylation sites is 1. The van der Waals surface area contributed by atoms with E-state index in [2.05, 4.69) is 20.8 Å². The third-order valence-electron chi connectivity index (χ3n) is 3.79. The number of carbonyl (C=O) groups excluding carboxylic acids is 1. The number of aryl methyl sites for hydroxylation is 1. The Morgan fingerprint density at radius 1 is 1.48 bits per heavy atom. The summed E-state index contributed by atoms with van der Waals surface area (Å²) in [5, 5.41) is 14.3. The molecule has 1 saturated heterocycles. The molecular formula is C15H19N5O. The fourth-order valence-electron chi connectivity index (χ4n) is 2.67. The molecule has 0 aliphatic carbocycles. The van der Waals surface area contributed by atoms with Gasteiger partial charge in [-0.2, -0.15) is 0 Å². The highest BCUT2D eigenvalue weighted by atomic mass is 16.1. The SMILES string of the molecule is Cn1cnnc1-c1ccccc1NC(=O)CC1CCNC1. The quantitative estimate of drug-likeness (QED) is 0.891. The molecule has 2 N–H and O–H groups in total. The Bertz CT molecular complexity index is 630. The summed E-state index contributed by atoms with van der Waals surface area (Å²) in [6.07, 6.45) is 3.27. The summed E-state index contributed by atoms with van der Waals surface area (Å²) >= 11 is 0. The van der Waals surface area contributed by atoms with Crippen LogP contribution in [0, 0.1) is 5.92 Å². The second kappa shape index (κ2) is 6.05. The number of hydrogen-bond acceptors (Lipinski definition) is 4. The number of benzene rings is 1. The molecule has 1 aliphatic rings. The molecule has 2 heterocycles. The zero-order valence-corrected chi connectivity index (χ0v) is 12.0. The Hall–Kier alpha value is -2.21. The van der Waals surface area contributed by atoms with Gasteiger partial charge in [0.15, 0.2) is 5.82 Å². The van der Waals surface area contributed by atoms with E-state index in [-0.39, 0.29) is 5.91 Å².